The van der Waals surface area contributed by atoms with Crippen LogP contribution in [0.3, 0.4) is 0 Å². The van der Waals surface area contributed by atoms with Crippen molar-refractivity contribution in [3.63, 3.8) is 0 Å². The number of hydrogen-bond donors (Lipinski definition) is 0. The van der Waals surface area contributed by atoms with Crippen LogP contribution in [-0.2, 0) is 6.42 Å². The second-order valence-corrected chi connectivity index (χ2v) is 6.25. The van der Waals surface area contributed by atoms with Crippen LogP contribution in [0.4, 0.5) is 4.39 Å². The number of benzene rings is 2. The smallest absolute Gasteiger partial charge is 0.231 e. The van der Waals surface area contributed by atoms with E-state index >= 15 is 0 Å². The molecule has 0 aliphatic carbocycles. The first-order valence-electron chi connectivity index (χ1n) is 8.31. The van der Waals surface area contributed by atoms with Crippen LogP contribution in [0, 0.1) is 5.82 Å². The minimum Gasteiger partial charge on any atom is -0.492 e. The molecule has 0 fully saturated rings. The third-order valence-corrected chi connectivity index (χ3v) is 4.70. The van der Waals surface area contributed by atoms with E-state index in [0.717, 1.165) is 17.5 Å². The number of Topliss-reactive ketones (excluding diaryl/α,β-unsaturated/α-hetero) is 1. The van der Waals surface area contributed by atoms with Crippen molar-refractivity contribution in [1.29, 1.82) is 0 Å². The highest BCUT2D eigenvalue weighted by atomic mass is 19.1. The SMILES string of the molecule is COc1c2c(cc3c1OCO3)CCN(C)C(C(=O)c1ccc(F)cc1)=C2. The van der Waals surface area contributed by atoms with E-state index in [0.29, 0.717) is 35.1 Å². The highest BCUT2D eigenvalue weighted by Crippen LogP contribution is 2.46. The second kappa shape index (κ2) is 6.37. The number of carbonyl (C=O) groups excluding carboxylic acids is 1. The number of carbonyl (C=O) groups is 1. The molecule has 0 atom stereocenters. The first-order chi connectivity index (χ1) is 12.6. The lowest BCUT2D eigenvalue weighted by atomic mass is 10.0. The maximum absolute atomic E-state index is 13.2. The van der Waals surface area contributed by atoms with E-state index in [1.165, 1.54) is 24.3 Å². The van der Waals surface area contributed by atoms with Crippen molar-refractivity contribution in [2.75, 3.05) is 27.5 Å². The summed E-state index contributed by atoms with van der Waals surface area (Å²) in [5.41, 5.74) is 2.80. The first-order valence-corrected chi connectivity index (χ1v) is 8.31. The van der Waals surface area contributed by atoms with Gasteiger partial charge in [0.1, 0.15) is 5.82 Å². The Morgan fingerprint density at radius 2 is 2.00 bits per heavy atom. The van der Waals surface area contributed by atoms with Gasteiger partial charge in [0.15, 0.2) is 11.5 Å². The number of nitrogens with zero attached hydrogens (tertiary/aromatic N) is 1. The van der Waals surface area contributed by atoms with Crippen molar-refractivity contribution >= 4 is 11.9 Å². The number of hydrogen-bond acceptors (Lipinski definition) is 5. The fourth-order valence-electron chi connectivity index (χ4n) is 3.29. The lowest BCUT2D eigenvalue weighted by molar-refractivity contribution is 0.100. The van der Waals surface area contributed by atoms with E-state index in [4.69, 9.17) is 14.2 Å². The predicted molar refractivity (Wildman–Crippen MR) is 94.2 cm³/mol. The Bertz CT molecular complexity index is 905. The topological polar surface area (TPSA) is 48.0 Å². The number of ketones is 1. The van der Waals surface area contributed by atoms with E-state index in [2.05, 4.69) is 0 Å². The van der Waals surface area contributed by atoms with Crippen molar-refractivity contribution in [3.8, 4) is 17.2 Å². The Hall–Kier alpha value is -3.02. The van der Waals surface area contributed by atoms with Crippen molar-refractivity contribution in [3.05, 3.63) is 58.5 Å². The predicted octanol–water partition coefficient (Wildman–Crippen LogP) is 3.27. The van der Waals surface area contributed by atoms with Crippen LogP contribution in [0.25, 0.3) is 6.08 Å². The maximum atomic E-state index is 13.2. The Balaban J connectivity index is 1.83. The number of fused-ring (bicyclic) bond motifs is 2. The van der Waals surface area contributed by atoms with Gasteiger partial charge in [0.2, 0.25) is 18.3 Å². The minimum absolute atomic E-state index is 0.152. The average molecular weight is 355 g/mol. The summed E-state index contributed by atoms with van der Waals surface area (Å²) in [7, 11) is 3.44. The Morgan fingerprint density at radius 1 is 1.23 bits per heavy atom. The highest BCUT2D eigenvalue weighted by molar-refractivity contribution is 6.11. The summed E-state index contributed by atoms with van der Waals surface area (Å²) in [6.07, 6.45) is 2.55. The van der Waals surface area contributed by atoms with Crippen LogP contribution < -0.4 is 14.2 Å². The van der Waals surface area contributed by atoms with Crippen molar-refractivity contribution in [2.45, 2.75) is 6.42 Å². The molecule has 2 aromatic carbocycles. The van der Waals surface area contributed by atoms with Gasteiger partial charge in [-0.05, 0) is 48.4 Å². The van der Waals surface area contributed by atoms with Crippen LogP contribution in [0.5, 0.6) is 17.2 Å². The Morgan fingerprint density at radius 3 is 2.73 bits per heavy atom. The van der Waals surface area contributed by atoms with E-state index in [-0.39, 0.29) is 18.4 Å². The van der Waals surface area contributed by atoms with Gasteiger partial charge in [-0.1, -0.05) is 0 Å². The van der Waals surface area contributed by atoms with Crippen LogP contribution >= 0.6 is 0 Å². The average Bonchev–Trinajstić information content (AvgIpc) is 3.05. The lowest BCUT2D eigenvalue weighted by Gasteiger charge is -2.19. The van der Waals surface area contributed by atoms with Crippen molar-refractivity contribution in [1.82, 2.24) is 4.90 Å². The molecule has 4 rings (SSSR count). The third kappa shape index (κ3) is 2.67. The molecule has 0 bridgehead atoms. The van der Waals surface area contributed by atoms with Gasteiger partial charge in [0.25, 0.3) is 0 Å². The molecule has 0 amide bonds. The summed E-state index contributed by atoms with van der Waals surface area (Å²) in [6, 6.07) is 7.51. The Kier molecular flexibility index (Phi) is 4.03. The van der Waals surface area contributed by atoms with Gasteiger partial charge in [0, 0.05) is 24.7 Å². The number of ether oxygens (including phenoxy) is 3. The Labute approximate surface area is 150 Å². The summed E-state index contributed by atoms with van der Waals surface area (Å²) < 4.78 is 29.8. The summed E-state index contributed by atoms with van der Waals surface area (Å²) in [4.78, 5) is 14.9. The van der Waals surface area contributed by atoms with E-state index in [1.54, 1.807) is 7.11 Å². The largest absolute Gasteiger partial charge is 0.492 e. The van der Waals surface area contributed by atoms with Gasteiger partial charge in [-0.3, -0.25) is 4.79 Å². The standard InChI is InChI=1S/C20H18FNO4/c1-22-8-7-13-9-17-20(26-11-25-17)19(24-2)15(13)10-16(22)18(23)12-3-5-14(21)6-4-12/h3-6,9-10H,7-8,11H2,1-2H3. The molecule has 0 aromatic heterocycles. The van der Waals surface area contributed by atoms with Crippen LogP contribution in [0.2, 0.25) is 0 Å². The van der Waals surface area contributed by atoms with Gasteiger partial charge >= 0.3 is 0 Å². The molecular formula is C20H18FNO4. The molecule has 0 radical (unpaired) electrons. The number of halogens is 1. The fourth-order valence-corrected chi connectivity index (χ4v) is 3.29. The molecule has 5 nitrogen and oxygen atoms in total. The summed E-state index contributed by atoms with van der Waals surface area (Å²) in [5, 5.41) is 0. The molecule has 134 valence electrons. The van der Waals surface area contributed by atoms with Crippen LogP contribution in [0.1, 0.15) is 21.5 Å². The van der Waals surface area contributed by atoms with Gasteiger partial charge < -0.3 is 19.1 Å². The summed E-state index contributed by atoms with van der Waals surface area (Å²) in [5.74, 6) is 1.24. The fraction of sp³-hybridized carbons (Fsp3) is 0.250. The molecule has 0 saturated carbocycles. The van der Waals surface area contributed by atoms with E-state index in [9.17, 15) is 9.18 Å². The molecule has 2 heterocycles. The van der Waals surface area contributed by atoms with E-state index < -0.39 is 0 Å². The molecule has 0 N–H and O–H groups in total. The molecule has 2 aliphatic rings. The second-order valence-electron chi connectivity index (χ2n) is 6.25. The number of rotatable bonds is 3. The van der Waals surface area contributed by atoms with Crippen LogP contribution in [0.15, 0.2) is 36.0 Å². The van der Waals surface area contributed by atoms with E-state index in [1.807, 2.05) is 24.1 Å². The molecule has 26 heavy (non-hydrogen) atoms. The summed E-state index contributed by atoms with van der Waals surface area (Å²) >= 11 is 0. The summed E-state index contributed by atoms with van der Waals surface area (Å²) in [6.45, 7) is 0.814. The molecule has 0 saturated heterocycles. The maximum Gasteiger partial charge on any atom is 0.231 e. The molecule has 0 spiro atoms. The number of allylic oxidation sites excluding steroid dienone is 1. The van der Waals surface area contributed by atoms with Crippen molar-refractivity contribution < 1.29 is 23.4 Å². The lowest BCUT2D eigenvalue weighted by Crippen LogP contribution is -2.24. The van der Waals surface area contributed by atoms with Gasteiger partial charge in [-0.25, -0.2) is 4.39 Å². The van der Waals surface area contributed by atoms with Gasteiger partial charge in [-0.15, -0.1) is 0 Å². The zero-order chi connectivity index (χ0) is 18.3. The molecule has 6 heteroatoms. The zero-order valence-corrected chi connectivity index (χ0v) is 14.5. The highest BCUT2D eigenvalue weighted by Gasteiger charge is 2.28. The number of methoxy groups -OCH3 is 1. The first kappa shape index (κ1) is 16.4. The van der Waals surface area contributed by atoms with Crippen LogP contribution in [-0.4, -0.2) is 38.2 Å². The quantitative estimate of drug-likeness (QED) is 0.791. The molecular weight excluding hydrogens is 337 g/mol. The van der Waals surface area contributed by atoms with Crippen molar-refractivity contribution in [2.24, 2.45) is 0 Å². The van der Waals surface area contributed by atoms with Gasteiger partial charge in [-0.2, -0.15) is 0 Å². The van der Waals surface area contributed by atoms with Gasteiger partial charge in [0.05, 0.1) is 12.8 Å². The third-order valence-electron chi connectivity index (χ3n) is 4.70. The molecule has 2 aromatic rings. The number of likely N-dealkylation sites (N-methyl/N-ethyl adjacent to an activating group) is 1. The normalized spacial score (nSPS) is 15.2. The molecule has 2 aliphatic heterocycles. The molecule has 0 unspecified atom stereocenters. The minimum atomic E-state index is -0.371. The zero-order valence-electron chi connectivity index (χ0n) is 14.5. The monoisotopic (exact) mass is 355 g/mol.